The highest BCUT2D eigenvalue weighted by Crippen LogP contribution is 2.39. The number of anilines is 2. The molecule has 1 saturated carbocycles. The standard InChI is InChI=1S/C28H24F2N6O3S/c1-35-26-19-8-5-17(24(30)25(19)34-27(31)20(26)13-33-35)14-36(22-10-7-18(29)11-23(22)40(2,38)39)28(37)16-6-9-21(32-12-16)15-3-4-15/h5-13,15H,3-4,14H2,1-2H3,(H2,31,34). The van der Waals surface area contributed by atoms with Crippen LogP contribution < -0.4 is 10.6 Å². The number of aryl methyl sites for hydroxylation is 1. The molecule has 1 amide bonds. The van der Waals surface area contributed by atoms with Gasteiger partial charge in [0.25, 0.3) is 5.91 Å². The summed E-state index contributed by atoms with van der Waals surface area (Å²) in [5.41, 5.74) is 7.68. The number of sulfone groups is 1. The van der Waals surface area contributed by atoms with Gasteiger partial charge in [0, 0.05) is 42.1 Å². The van der Waals surface area contributed by atoms with Crippen LogP contribution in [0, 0.1) is 11.6 Å². The first-order valence-electron chi connectivity index (χ1n) is 12.5. The number of carbonyl (C=O) groups excluding carboxylic acids is 1. The molecular formula is C28H24F2N6O3S. The van der Waals surface area contributed by atoms with E-state index < -0.39 is 32.3 Å². The Hall–Kier alpha value is -4.45. The maximum Gasteiger partial charge on any atom is 0.260 e. The minimum Gasteiger partial charge on any atom is -0.383 e. The molecule has 2 aromatic carbocycles. The van der Waals surface area contributed by atoms with E-state index in [0.717, 1.165) is 41.8 Å². The highest BCUT2D eigenvalue weighted by molar-refractivity contribution is 7.90. The number of nitrogens with zero attached hydrogens (tertiary/aromatic N) is 5. The second-order valence-corrected chi connectivity index (χ2v) is 12.0. The lowest BCUT2D eigenvalue weighted by molar-refractivity contribution is 0.0984. The Kier molecular flexibility index (Phi) is 6.02. The zero-order chi connectivity index (χ0) is 28.3. The lowest BCUT2D eigenvalue weighted by Crippen LogP contribution is -2.32. The molecule has 204 valence electrons. The van der Waals surface area contributed by atoms with Gasteiger partial charge in [0.05, 0.1) is 39.8 Å². The number of fused-ring (bicyclic) bond motifs is 3. The summed E-state index contributed by atoms with van der Waals surface area (Å²) in [5.74, 6) is -1.68. The summed E-state index contributed by atoms with van der Waals surface area (Å²) in [6.07, 6.45) is 5.95. The van der Waals surface area contributed by atoms with E-state index >= 15 is 4.39 Å². The van der Waals surface area contributed by atoms with Crippen LogP contribution in [-0.2, 0) is 23.4 Å². The van der Waals surface area contributed by atoms with Gasteiger partial charge in [0.1, 0.15) is 17.2 Å². The van der Waals surface area contributed by atoms with Crippen molar-refractivity contribution in [2.45, 2.75) is 30.2 Å². The number of halogens is 2. The number of amides is 1. The van der Waals surface area contributed by atoms with Gasteiger partial charge in [-0.15, -0.1) is 0 Å². The summed E-state index contributed by atoms with van der Waals surface area (Å²) in [5, 5.41) is 5.24. The van der Waals surface area contributed by atoms with Gasteiger partial charge in [0.2, 0.25) is 0 Å². The van der Waals surface area contributed by atoms with E-state index in [1.807, 2.05) is 0 Å². The first kappa shape index (κ1) is 25.8. The number of benzene rings is 2. The van der Waals surface area contributed by atoms with E-state index in [1.165, 1.54) is 18.3 Å². The molecule has 1 fully saturated rings. The molecule has 0 saturated heterocycles. The van der Waals surface area contributed by atoms with Crippen molar-refractivity contribution in [3.05, 3.63) is 83.3 Å². The van der Waals surface area contributed by atoms with Gasteiger partial charge < -0.3 is 10.6 Å². The number of nitrogens with two attached hydrogens (primary N) is 1. The molecule has 5 aromatic rings. The van der Waals surface area contributed by atoms with E-state index in [1.54, 1.807) is 36.1 Å². The first-order valence-corrected chi connectivity index (χ1v) is 14.4. The van der Waals surface area contributed by atoms with Gasteiger partial charge >= 0.3 is 0 Å². The minimum absolute atomic E-state index is 0.0172. The molecular weight excluding hydrogens is 538 g/mol. The molecule has 0 aliphatic heterocycles. The summed E-state index contributed by atoms with van der Waals surface area (Å²) in [6.45, 7) is -0.371. The molecule has 40 heavy (non-hydrogen) atoms. The highest BCUT2D eigenvalue weighted by atomic mass is 32.2. The number of pyridine rings is 2. The molecule has 0 radical (unpaired) electrons. The SMILES string of the molecule is Cn1ncc2c(N)nc3c(F)c(CN(C(=O)c4ccc(C5CC5)nc4)c4ccc(F)cc4S(C)(=O)=O)ccc3c21. The van der Waals surface area contributed by atoms with Crippen LogP contribution in [-0.4, -0.2) is 40.3 Å². The number of nitrogen functional groups attached to an aromatic ring is 1. The third kappa shape index (κ3) is 4.43. The second-order valence-electron chi connectivity index (χ2n) is 9.98. The quantitative estimate of drug-likeness (QED) is 0.323. The minimum atomic E-state index is -3.97. The van der Waals surface area contributed by atoms with Crippen molar-refractivity contribution in [3.63, 3.8) is 0 Å². The molecule has 0 atom stereocenters. The third-order valence-electron chi connectivity index (χ3n) is 7.11. The van der Waals surface area contributed by atoms with Gasteiger partial charge in [-0.05, 0) is 43.2 Å². The molecule has 0 unspecified atom stereocenters. The summed E-state index contributed by atoms with van der Waals surface area (Å²) in [7, 11) is -2.27. The maximum absolute atomic E-state index is 16.0. The van der Waals surface area contributed by atoms with Crippen LogP contribution in [0.5, 0.6) is 0 Å². The monoisotopic (exact) mass is 562 g/mol. The zero-order valence-electron chi connectivity index (χ0n) is 21.6. The summed E-state index contributed by atoms with van der Waals surface area (Å²) in [4.78, 5) is 23.2. The predicted octanol–water partition coefficient (Wildman–Crippen LogP) is 4.50. The molecule has 2 N–H and O–H groups in total. The number of hydrogen-bond acceptors (Lipinski definition) is 7. The summed E-state index contributed by atoms with van der Waals surface area (Å²) < 4.78 is 57.0. The largest absolute Gasteiger partial charge is 0.383 e. The Labute approximate surface area is 228 Å². The van der Waals surface area contributed by atoms with Crippen LogP contribution >= 0.6 is 0 Å². The number of carbonyl (C=O) groups is 1. The maximum atomic E-state index is 16.0. The van der Waals surface area contributed by atoms with Crippen LogP contribution in [0.3, 0.4) is 0 Å². The van der Waals surface area contributed by atoms with Gasteiger partial charge in [-0.3, -0.25) is 14.5 Å². The zero-order valence-corrected chi connectivity index (χ0v) is 22.4. The van der Waals surface area contributed by atoms with Gasteiger partial charge in [-0.2, -0.15) is 5.10 Å². The van der Waals surface area contributed by atoms with Crippen molar-refractivity contribution in [2.24, 2.45) is 7.05 Å². The van der Waals surface area contributed by atoms with E-state index in [0.29, 0.717) is 22.2 Å². The summed E-state index contributed by atoms with van der Waals surface area (Å²) >= 11 is 0. The average molecular weight is 563 g/mol. The molecule has 12 heteroatoms. The van der Waals surface area contributed by atoms with Crippen LogP contribution in [0.2, 0.25) is 0 Å². The molecule has 1 aliphatic carbocycles. The molecule has 0 bridgehead atoms. The van der Waals surface area contributed by atoms with Crippen molar-refractivity contribution < 1.29 is 22.0 Å². The van der Waals surface area contributed by atoms with Crippen LogP contribution in [0.25, 0.3) is 21.8 Å². The second kappa shape index (κ2) is 9.33. The Morgan fingerprint density at radius 3 is 2.55 bits per heavy atom. The molecule has 0 spiro atoms. The van der Waals surface area contributed by atoms with Gasteiger partial charge in [0.15, 0.2) is 15.7 Å². The first-order chi connectivity index (χ1) is 19.0. The Morgan fingerprint density at radius 2 is 1.88 bits per heavy atom. The Bertz CT molecular complexity index is 1940. The number of aromatic nitrogens is 4. The molecule has 1 aliphatic rings. The lowest BCUT2D eigenvalue weighted by Gasteiger charge is -2.25. The fourth-order valence-electron chi connectivity index (χ4n) is 4.91. The van der Waals surface area contributed by atoms with E-state index in [2.05, 4.69) is 15.1 Å². The van der Waals surface area contributed by atoms with Crippen molar-refractivity contribution in [3.8, 4) is 0 Å². The molecule has 3 heterocycles. The van der Waals surface area contributed by atoms with Crippen LogP contribution in [0.4, 0.5) is 20.3 Å². The van der Waals surface area contributed by atoms with Crippen molar-refractivity contribution in [1.82, 2.24) is 19.7 Å². The van der Waals surface area contributed by atoms with Crippen molar-refractivity contribution in [1.29, 1.82) is 0 Å². The Morgan fingerprint density at radius 1 is 1.10 bits per heavy atom. The van der Waals surface area contributed by atoms with Crippen LogP contribution in [0.15, 0.2) is 59.8 Å². The van der Waals surface area contributed by atoms with E-state index in [9.17, 15) is 17.6 Å². The van der Waals surface area contributed by atoms with Crippen molar-refractivity contribution in [2.75, 3.05) is 16.9 Å². The van der Waals surface area contributed by atoms with Crippen LogP contribution in [0.1, 0.15) is 40.4 Å². The number of rotatable bonds is 6. The van der Waals surface area contributed by atoms with Crippen molar-refractivity contribution >= 4 is 49.1 Å². The molecule has 9 nitrogen and oxygen atoms in total. The van der Waals surface area contributed by atoms with Gasteiger partial charge in [-0.25, -0.2) is 22.2 Å². The normalized spacial score (nSPS) is 13.7. The smallest absolute Gasteiger partial charge is 0.260 e. The average Bonchev–Trinajstić information content (AvgIpc) is 3.70. The molecule has 6 rings (SSSR count). The van der Waals surface area contributed by atoms with E-state index in [-0.39, 0.29) is 34.7 Å². The van der Waals surface area contributed by atoms with Gasteiger partial charge in [-0.1, -0.05) is 12.1 Å². The Balaban J connectivity index is 1.50. The molecule has 3 aromatic heterocycles. The summed E-state index contributed by atoms with van der Waals surface area (Å²) in [6, 6.07) is 9.62. The fraction of sp³-hybridized carbons (Fsp3) is 0.214. The third-order valence-corrected chi connectivity index (χ3v) is 8.24. The van der Waals surface area contributed by atoms with E-state index in [4.69, 9.17) is 5.73 Å². The fourth-order valence-corrected chi connectivity index (χ4v) is 5.79. The number of hydrogen-bond donors (Lipinski definition) is 1. The topological polar surface area (TPSA) is 124 Å². The lowest BCUT2D eigenvalue weighted by atomic mass is 10.1. The highest BCUT2D eigenvalue weighted by Gasteiger charge is 2.29. The predicted molar refractivity (Wildman–Crippen MR) is 147 cm³/mol.